The number of benzene rings is 2. The molecule has 124 valence electrons. The van der Waals surface area contributed by atoms with Gasteiger partial charge in [-0.2, -0.15) is 0 Å². The third-order valence-electron chi connectivity index (χ3n) is 3.67. The van der Waals surface area contributed by atoms with Crippen LogP contribution in [0.4, 0.5) is 5.13 Å². The summed E-state index contributed by atoms with van der Waals surface area (Å²) in [7, 11) is 0. The van der Waals surface area contributed by atoms with Gasteiger partial charge in [-0.3, -0.25) is 10.1 Å². The van der Waals surface area contributed by atoms with Crippen molar-refractivity contribution in [3.05, 3.63) is 57.6 Å². The number of hydrogen-bond donors (Lipinski definition) is 1. The second-order valence-electron chi connectivity index (χ2n) is 5.50. The first kappa shape index (κ1) is 17.2. The summed E-state index contributed by atoms with van der Waals surface area (Å²) >= 11 is 13.5. The summed E-state index contributed by atoms with van der Waals surface area (Å²) in [5.41, 5.74) is 2.52. The molecule has 0 unspecified atom stereocenters. The summed E-state index contributed by atoms with van der Waals surface area (Å²) in [6, 6.07) is 11.0. The molecule has 0 saturated heterocycles. The van der Waals surface area contributed by atoms with Crippen molar-refractivity contribution in [3.63, 3.8) is 0 Å². The average Bonchev–Trinajstić information content (AvgIpc) is 2.96. The summed E-state index contributed by atoms with van der Waals surface area (Å²) in [6.07, 6.45) is 3.40. The Hall–Kier alpha value is -1.62. The molecule has 1 heterocycles. The van der Waals surface area contributed by atoms with Crippen LogP contribution in [-0.4, -0.2) is 10.9 Å². The fourth-order valence-corrected chi connectivity index (χ4v) is 3.69. The third kappa shape index (κ3) is 3.89. The monoisotopic (exact) mass is 378 g/mol. The lowest BCUT2D eigenvalue weighted by molar-refractivity contribution is 0.102. The molecule has 24 heavy (non-hydrogen) atoms. The standard InChI is InChI=1S/C18H16Cl2N2OS/c1-2-3-4-11-5-8-15-16(9-11)24-18(21-15)22-17(23)13-10-12(19)6-7-14(13)20/h5-10H,2-4H2,1H3,(H,21,22,23). The molecule has 1 amide bonds. The number of aromatic nitrogens is 1. The van der Waals surface area contributed by atoms with E-state index in [0.29, 0.717) is 20.7 Å². The highest BCUT2D eigenvalue weighted by molar-refractivity contribution is 7.22. The molecule has 0 bridgehead atoms. The molecule has 1 N–H and O–H groups in total. The topological polar surface area (TPSA) is 42.0 Å². The van der Waals surface area contributed by atoms with Crippen LogP contribution in [0.1, 0.15) is 35.7 Å². The number of nitrogens with zero attached hydrogens (tertiary/aromatic N) is 1. The van der Waals surface area contributed by atoms with E-state index in [9.17, 15) is 4.79 Å². The van der Waals surface area contributed by atoms with E-state index in [1.807, 2.05) is 6.07 Å². The van der Waals surface area contributed by atoms with E-state index in [4.69, 9.17) is 23.2 Å². The molecule has 0 aliphatic rings. The van der Waals surface area contributed by atoms with Gasteiger partial charge in [-0.1, -0.05) is 53.9 Å². The van der Waals surface area contributed by atoms with E-state index in [1.165, 1.54) is 29.7 Å². The first-order valence-corrected chi connectivity index (χ1v) is 9.30. The summed E-state index contributed by atoms with van der Waals surface area (Å²) in [5.74, 6) is -0.312. The number of amides is 1. The van der Waals surface area contributed by atoms with Crippen molar-refractivity contribution in [3.8, 4) is 0 Å². The van der Waals surface area contributed by atoms with Gasteiger partial charge in [0, 0.05) is 5.02 Å². The summed E-state index contributed by atoms with van der Waals surface area (Å²) in [4.78, 5) is 16.8. The summed E-state index contributed by atoms with van der Waals surface area (Å²) in [6.45, 7) is 2.18. The highest BCUT2D eigenvalue weighted by Crippen LogP contribution is 2.28. The maximum Gasteiger partial charge on any atom is 0.259 e. The van der Waals surface area contributed by atoms with Crippen LogP contribution in [0, 0.1) is 0 Å². The predicted molar refractivity (Wildman–Crippen MR) is 103 cm³/mol. The van der Waals surface area contributed by atoms with Gasteiger partial charge in [0.1, 0.15) is 0 Å². The Morgan fingerprint density at radius 3 is 2.83 bits per heavy atom. The minimum absolute atomic E-state index is 0.312. The molecule has 0 fully saturated rings. The zero-order valence-corrected chi connectivity index (χ0v) is 15.4. The van der Waals surface area contributed by atoms with Crippen molar-refractivity contribution in [2.24, 2.45) is 0 Å². The quantitative estimate of drug-likeness (QED) is 0.574. The van der Waals surface area contributed by atoms with Crippen LogP contribution >= 0.6 is 34.5 Å². The van der Waals surface area contributed by atoms with Crippen molar-refractivity contribution in [2.75, 3.05) is 5.32 Å². The Morgan fingerprint density at radius 1 is 1.21 bits per heavy atom. The van der Waals surface area contributed by atoms with Crippen LogP contribution in [0.25, 0.3) is 10.2 Å². The Labute approximate surface area is 154 Å². The number of halogens is 2. The second-order valence-corrected chi connectivity index (χ2v) is 7.38. The number of carbonyl (C=O) groups is 1. The highest BCUT2D eigenvalue weighted by Gasteiger charge is 2.14. The van der Waals surface area contributed by atoms with Crippen LogP contribution in [-0.2, 0) is 6.42 Å². The van der Waals surface area contributed by atoms with Gasteiger partial charge in [0.25, 0.3) is 5.91 Å². The van der Waals surface area contributed by atoms with Gasteiger partial charge in [0.2, 0.25) is 0 Å². The number of carbonyl (C=O) groups excluding carboxylic acids is 1. The van der Waals surface area contributed by atoms with Gasteiger partial charge in [-0.15, -0.1) is 0 Å². The van der Waals surface area contributed by atoms with Gasteiger partial charge >= 0.3 is 0 Å². The molecule has 0 aliphatic heterocycles. The molecule has 0 atom stereocenters. The highest BCUT2D eigenvalue weighted by atomic mass is 35.5. The largest absolute Gasteiger partial charge is 0.298 e. The maximum absolute atomic E-state index is 12.4. The van der Waals surface area contributed by atoms with Crippen molar-refractivity contribution >= 4 is 55.8 Å². The number of nitrogens with one attached hydrogen (secondary N) is 1. The van der Waals surface area contributed by atoms with Gasteiger partial charge in [0.15, 0.2) is 5.13 Å². The summed E-state index contributed by atoms with van der Waals surface area (Å²) < 4.78 is 1.07. The van der Waals surface area contributed by atoms with E-state index in [0.717, 1.165) is 16.6 Å². The van der Waals surface area contributed by atoms with E-state index < -0.39 is 0 Å². The molecule has 1 aromatic heterocycles. The molecule has 2 aromatic carbocycles. The van der Waals surface area contributed by atoms with Crippen LogP contribution < -0.4 is 5.32 Å². The van der Waals surface area contributed by atoms with Crippen molar-refractivity contribution in [1.82, 2.24) is 4.98 Å². The van der Waals surface area contributed by atoms with Crippen molar-refractivity contribution < 1.29 is 4.79 Å². The average molecular weight is 379 g/mol. The molecular formula is C18H16Cl2N2OS. The molecule has 0 saturated carbocycles. The van der Waals surface area contributed by atoms with Crippen molar-refractivity contribution in [2.45, 2.75) is 26.2 Å². The number of hydrogen-bond acceptors (Lipinski definition) is 3. The van der Waals surface area contributed by atoms with Crippen LogP contribution in [0.3, 0.4) is 0 Å². The van der Waals surface area contributed by atoms with Gasteiger partial charge < -0.3 is 0 Å². The molecule has 0 radical (unpaired) electrons. The minimum Gasteiger partial charge on any atom is -0.298 e. The van der Waals surface area contributed by atoms with Crippen molar-refractivity contribution in [1.29, 1.82) is 0 Å². The number of rotatable bonds is 5. The fraction of sp³-hybridized carbons (Fsp3) is 0.222. The molecule has 0 aliphatic carbocycles. The molecule has 3 aromatic rings. The van der Waals surface area contributed by atoms with Crippen LogP contribution in [0.5, 0.6) is 0 Å². The lowest BCUT2D eigenvalue weighted by Crippen LogP contribution is -2.12. The van der Waals surface area contributed by atoms with Crippen LogP contribution in [0.15, 0.2) is 36.4 Å². The lowest BCUT2D eigenvalue weighted by atomic mass is 10.1. The first-order chi connectivity index (χ1) is 11.6. The Balaban J connectivity index is 1.82. The number of fused-ring (bicyclic) bond motifs is 1. The number of thiazole rings is 1. The van der Waals surface area contributed by atoms with Gasteiger partial charge in [0.05, 0.1) is 20.8 Å². The van der Waals surface area contributed by atoms with Gasteiger partial charge in [-0.05, 0) is 48.7 Å². The van der Waals surface area contributed by atoms with Crippen LogP contribution in [0.2, 0.25) is 10.0 Å². The normalized spacial score (nSPS) is 11.0. The minimum atomic E-state index is -0.312. The van der Waals surface area contributed by atoms with E-state index in [1.54, 1.807) is 18.2 Å². The maximum atomic E-state index is 12.4. The third-order valence-corrected chi connectivity index (χ3v) is 5.16. The molecule has 6 heteroatoms. The molecule has 0 spiro atoms. The lowest BCUT2D eigenvalue weighted by Gasteiger charge is -2.04. The Bertz CT molecular complexity index is 892. The second kappa shape index (κ2) is 7.51. The van der Waals surface area contributed by atoms with E-state index in [-0.39, 0.29) is 5.91 Å². The number of anilines is 1. The summed E-state index contributed by atoms with van der Waals surface area (Å²) in [5, 5.41) is 4.19. The molecule has 3 nitrogen and oxygen atoms in total. The number of unbranched alkanes of at least 4 members (excludes halogenated alkanes) is 1. The molecular weight excluding hydrogens is 363 g/mol. The van der Waals surface area contributed by atoms with E-state index >= 15 is 0 Å². The number of aryl methyl sites for hydroxylation is 1. The SMILES string of the molecule is CCCCc1ccc2nc(NC(=O)c3cc(Cl)ccc3Cl)sc2c1. The molecule has 3 rings (SSSR count). The van der Waals surface area contributed by atoms with Gasteiger partial charge in [-0.25, -0.2) is 4.98 Å². The first-order valence-electron chi connectivity index (χ1n) is 7.72. The Kier molecular flexibility index (Phi) is 5.39. The zero-order valence-electron chi connectivity index (χ0n) is 13.1. The Morgan fingerprint density at radius 2 is 2.04 bits per heavy atom. The smallest absolute Gasteiger partial charge is 0.259 e. The fourth-order valence-electron chi connectivity index (χ4n) is 2.39. The van der Waals surface area contributed by atoms with E-state index in [2.05, 4.69) is 29.4 Å². The predicted octanol–water partition coefficient (Wildman–Crippen LogP) is 6.20. The zero-order chi connectivity index (χ0) is 17.1.